The zero-order valence-corrected chi connectivity index (χ0v) is 19.8. The molecular formula is C25H18ClF3N2O3S. The maximum absolute atomic E-state index is 13.2. The number of para-hydroxylation sites is 1. The van der Waals surface area contributed by atoms with Crippen molar-refractivity contribution < 1.29 is 27.4 Å². The third kappa shape index (κ3) is 5.98. The topological polar surface area (TPSA) is 59.9 Å². The van der Waals surface area contributed by atoms with Gasteiger partial charge in [-0.2, -0.15) is 13.2 Å². The van der Waals surface area contributed by atoms with Crippen molar-refractivity contribution in [3.8, 4) is 11.5 Å². The highest BCUT2D eigenvalue weighted by molar-refractivity contribution is 8.18. The number of carbonyl (C=O) groups is 1. The van der Waals surface area contributed by atoms with Gasteiger partial charge in [0, 0.05) is 10.6 Å². The Morgan fingerprint density at radius 1 is 1.06 bits per heavy atom. The average molecular weight is 519 g/mol. The number of methoxy groups -OCH3 is 1. The first-order chi connectivity index (χ1) is 16.7. The quantitative estimate of drug-likeness (QED) is 0.363. The van der Waals surface area contributed by atoms with Crippen molar-refractivity contribution in [2.24, 2.45) is 4.99 Å². The van der Waals surface area contributed by atoms with Gasteiger partial charge in [0.2, 0.25) is 0 Å². The lowest BCUT2D eigenvalue weighted by atomic mass is 10.2. The number of amidine groups is 1. The summed E-state index contributed by atoms with van der Waals surface area (Å²) in [5, 5.41) is 3.16. The van der Waals surface area contributed by atoms with Gasteiger partial charge < -0.3 is 14.8 Å². The predicted molar refractivity (Wildman–Crippen MR) is 131 cm³/mol. The molecule has 1 saturated heterocycles. The van der Waals surface area contributed by atoms with E-state index in [2.05, 4.69) is 10.3 Å². The first kappa shape index (κ1) is 24.7. The minimum atomic E-state index is -4.56. The van der Waals surface area contributed by atoms with Gasteiger partial charge in [-0.1, -0.05) is 48.0 Å². The van der Waals surface area contributed by atoms with E-state index in [4.69, 9.17) is 21.1 Å². The number of hydrogen-bond acceptors (Lipinski definition) is 5. The summed E-state index contributed by atoms with van der Waals surface area (Å²) in [7, 11) is 1.49. The standard InChI is InChI=1S/C25H18ClF3N2O3S/c1-33-21-12-15(10-11-20(21)34-14-16-6-2-4-8-18(16)26)13-22-23(32)31-24(35-22)30-19-9-5-3-7-17(19)25(27,28)29/h2-13H,14H2,1H3,(H,30,31,32). The van der Waals surface area contributed by atoms with E-state index < -0.39 is 17.6 Å². The fourth-order valence-corrected chi connectivity index (χ4v) is 4.24. The van der Waals surface area contributed by atoms with E-state index in [9.17, 15) is 18.0 Å². The minimum absolute atomic E-state index is 0.0598. The first-order valence-corrected chi connectivity index (χ1v) is 11.4. The highest BCUT2D eigenvalue weighted by atomic mass is 35.5. The third-order valence-corrected chi connectivity index (χ3v) is 6.19. The molecule has 1 heterocycles. The van der Waals surface area contributed by atoms with Gasteiger partial charge >= 0.3 is 6.18 Å². The van der Waals surface area contributed by atoms with E-state index in [1.807, 2.05) is 18.2 Å². The lowest BCUT2D eigenvalue weighted by Gasteiger charge is -2.12. The van der Waals surface area contributed by atoms with Gasteiger partial charge in [0.1, 0.15) is 6.61 Å². The van der Waals surface area contributed by atoms with Gasteiger partial charge in [-0.3, -0.25) is 4.79 Å². The normalized spacial score (nSPS) is 16.0. The maximum Gasteiger partial charge on any atom is 0.418 e. The highest BCUT2D eigenvalue weighted by Gasteiger charge is 2.34. The molecule has 1 aliphatic rings. The first-order valence-electron chi connectivity index (χ1n) is 10.2. The fraction of sp³-hybridized carbons (Fsp3) is 0.120. The van der Waals surface area contributed by atoms with Crippen LogP contribution in [0.15, 0.2) is 76.6 Å². The Hall–Kier alpha value is -3.43. The van der Waals surface area contributed by atoms with Crippen molar-refractivity contribution in [3.05, 3.63) is 93.3 Å². The average Bonchev–Trinajstić information content (AvgIpc) is 3.17. The number of rotatable bonds is 6. The molecule has 5 nitrogen and oxygen atoms in total. The molecule has 4 rings (SSSR count). The van der Waals surface area contributed by atoms with E-state index in [0.717, 1.165) is 23.4 Å². The molecule has 3 aromatic carbocycles. The molecule has 0 atom stereocenters. The van der Waals surface area contributed by atoms with E-state index in [-0.39, 0.29) is 22.4 Å². The molecule has 0 saturated carbocycles. The molecule has 1 N–H and O–H groups in total. The highest BCUT2D eigenvalue weighted by Crippen LogP contribution is 2.38. The maximum atomic E-state index is 13.2. The lowest BCUT2D eigenvalue weighted by Crippen LogP contribution is -2.19. The number of aliphatic imine (C=N–C) groups is 1. The molecule has 0 aliphatic carbocycles. The molecular weight excluding hydrogens is 501 g/mol. The number of carbonyl (C=O) groups excluding carboxylic acids is 1. The number of benzene rings is 3. The molecule has 0 spiro atoms. The summed E-state index contributed by atoms with van der Waals surface area (Å²) < 4.78 is 51.0. The summed E-state index contributed by atoms with van der Waals surface area (Å²) >= 11 is 7.12. The summed E-state index contributed by atoms with van der Waals surface area (Å²) in [5.74, 6) is 0.475. The number of hydrogen-bond donors (Lipinski definition) is 1. The van der Waals surface area contributed by atoms with Gasteiger partial charge in [-0.25, -0.2) is 4.99 Å². The van der Waals surface area contributed by atoms with Crippen LogP contribution < -0.4 is 14.8 Å². The number of alkyl halides is 3. The molecule has 1 fully saturated rings. The van der Waals surface area contributed by atoms with E-state index in [0.29, 0.717) is 22.1 Å². The SMILES string of the molecule is COc1cc(C=C2SC(=Nc3ccccc3C(F)(F)F)NC2=O)ccc1OCc1ccccc1Cl. The zero-order valence-electron chi connectivity index (χ0n) is 18.2. The molecule has 0 aromatic heterocycles. The Morgan fingerprint density at radius 2 is 1.80 bits per heavy atom. The third-order valence-electron chi connectivity index (χ3n) is 4.91. The van der Waals surface area contributed by atoms with Gasteiger partial charge in [0.25, 0.3) is 5.91 Å². The van der Waals surface area contributed by atoms with Gasteiger partial charge in [0.15, 0.2) is 16.7 Å². The predicted octanol–water partition coefficient (Wildman–Crippen LogP) is 6.84. The van der Waals surface area contributed by atoms with Crippen LogP contribution in [0.2, 0.25) is 5.02 Å². The number of nitrogens with one attached hydrogen (secondary N) is 1. The van der Waals surface area contributed by atoms with Crippen LogP contribution >= 0.6 is 23.4 Å². The number of ether oxygens (including phenoxy) is 2. The van der Waals surface area contributed by atoms with Crippen LogP contribution in [0.1, 0.15) is 16.7 Å². The van der Waals surface area contributed by atoms with Crippen molar-refractivity contribution >= 4 is 46.2 Å². The second-order valence-electron chi connectivity index (χ2n) is 7.29. The fourth-order valence-electron chi connectivity index (χ4n) is 3.22. The number of thioether (sulfide) groups is 1. The van der Waals surface area contributed by atoms with Crippen molar-refractivity contribution in [3.63, 3.8) is 0 Å². The van der Waals surface area contributed by atoms with Crippen LogP contribution in [0.4, 0.5) is 18.9 Å². The monoisotopic (exact) mass is 518 g/mol. The summed E-state index contributed by atoms with van der Waals surface area (Å²) in [4.78, 5) is 16.7. The summed E-state index contributed by atoms with van der Waals surface area (Å²) in [6.07, 6.45) is -2.96. The van der Waals surface area contributed by atoms with Crippen LogP contribution in [-0.4, -0.2) is 18.2 Å². The number of halogens is 4. The largest absolute Gasteiger partial charge is 0.493 e. The Balaban J connectivity index is 1.52. The molecule has 180 valence electrons. The van der Waals surface area contributed by atoms with Crippen LogP contribution in [0, 0.1) is 0 Å². The Labute approximate surface area is 208 Å². The molecule has 0 radical (unpaired) electrons. The Bertz CT molecular complexity index is 1330. The second-order valence-corrected chi connectivity index (χ2v) is 8.72. The minimum Gasteiger partial charge on any atom is -0.493 e. The molecule has 35 heavy (non-hydrogen) atoms. The molecule has 0 bridgehead atoms. The molecule has 1 aliphatic heterocycles. The van der Waals surface area contributed by atoms with Crippen molar-refractivity contribution in [1.29, 1.82) is 0 Å². The second kappa shape index (κ2) is 10.5. The van der Waals surface area contributed by atoms with Crippen LogP contribution in [0.25, 0.3) is 6.08 Å². The van der Waals surface area contributed by atoms with Crippen LogP contribution in [-0.2, 0) is 17.6 Å². The van der Waals surface area contributed by atoms with Gasteiger partial charge in [-0.15, -0.1) is 0 Å². The number of amides is 1. The van der Waals surface area contributed by atoms with Gasteiger partial charge in [-0.05, 0) is 53.7 Å². The van der Waals surface area contributed by atoms with E-state index >= 15 is 0 Å². The summed E-state index contributed by atoms with van der Waals surface area (Å²) in [6, 6.07) is 17.4. The molecule has 0 unspecified atom stereocenters. The van der Waals surface area contributed by atoms with Crippen molar-refractivity contribution in [1.82, 2.24) is 5.32 Å². The lowest BCUT2D eigenvalue weighted by molar-refractivity contribution is -0.137. The van der Waals surface area contributed by atoms with E-state index in [1.165, 1.54) is 25.3 Å². The van der Waals surface area contributed by atoms with Crippen molar-refractivity contribution in [2.75, 3.05) is 7.11 Å². The van der Waals surface area contributed by atoms with Crippen LogP contribution in [0.5, 0.6) is 11.5 Å². The zero-order chi connectivity index (χ0) is 25.0. The van der Waals surface area contributed by atoms with Crippen molar-refractivity contribution in [2.45, 2.75) is 12.8 Å². The molecule has 3 aromatic rings. The number of nitrogens with zero attached hydrogens (tertiary/aromatic N) is 1. The van der Waals surface area contributed by atoms with E-state index in [1.54, 1.807) is 30.3 Å². The van der Waals surface area contributed by atoms with Crippen LogP contribution in [0.3, 0.4) is 0 Å². The molecule has 1 amide bonds. The smallest absolute Gasteiger partial charge is 0.418 e. The molecule has 10 heteroatoms. The summed E-state index contributed by atoms with van der Waals surface area (Å²) in [6.45, 7) is 0.244. The Kier molecular flexibility index (Phi) is 7.37. The van der Waals surface area contributed by atoms with Gasteiger partial charge in [0.05, 0.1) is 23.3 Å². The summed E-state index contributed by atoms with van der Waals surface area (Å²) in [5.41, 5.74) is 0.310. The Morgan fingerprint density at radius 3 is 2.54 bits per heavy atom.